The summed E-state index contributed by atoms with van der Waals surface area (Å²) in [6.07, 6.45) is 9.18. The van der Waals surface area contributed by atoms with E-state index in [9.17, 15) is 0 Å². The maximum absolute atomic E-state index is 5.54. The summed E-state index contributed by atoms with van der Waals surface area (Å²) >= 11 is 0. The molecule has 0 bridgehead atoms. The number of aryl methyl sites for hydroxylation is 1. The van der Waals surface area contributed by atoms with E-state index in [1.807, 2.05) is 19.5 Å². The summed E-state index contributed by atoms with van der Waals surface area (Å²) in [6.45, 7) is 3.03. The Morgan fingerprint density at radius 3 is 3.00 bits per heavy atom. The molecule has 1 aromatic heterocycles. The molecule has 3 nitrogen and oxygen atoms in total. The molecule has 1 N–H and O–H groups in total. The highest BCUT2D eigenvalue weighted by Crippen LogP contribution is 2.21. The summed E-state index contributed by atoms with van der Waals surface area (Å²) in [5.74, 6) is 0. The smallest absolute Gasteiger partial charge is 0.0724 e. The van der Waals surface area contributed by atoms with E-state index in [1.54, 1.807) is 0 Å². The van der Waals surface area contributed by atoms with Gasteiger partial charge in [0.15, 0.2) is 0 Å². The number of aromatic nitrogens is 1. The molecule has 1 aliphatic carbocycles. The number of nitrogens with zero attached hydrogens (tertiary/aromatic N) is 1. The van der Waals surface area contributed by atoms with Crippen molar-refractivity contribution >= 4 is 0 Å². The van der Waals surface area contributed by atoms with Gasteiger partial charge >= 0.3 is 0 Å². The number of pyridine rings is 1. The number of hydrogen-bond acceptors (Lipinski definition) is 3. The molecule has 1 fully saturated rings. The second-order valence-electron chi connectivity index (χ2n) is 4.85. The lowest BCUT2D eigenvalue weighted by Gasteiger charge is -2.31. The average Bonchev–Trinajstić information content (AvgIpc) is 2.38. The van der Waals surface area contributed by atoms with Crippen LogP contribution in [0.4, 0.5) is 0 Å². The van der Waals surface area contributed by atoms with Gasteiger partial charge in [-0.2, -0.15) is 0 Å². The minimum Gasteiger partial charge on any atom is -0.380 e. The topological polar surface area (TPSA) is 34.1 Å². The Morgan fingerprint density at radius 1 is 1.41 bits per heavy atom. The van der Waals surface area contributed by atoms with Crippen molar-refractivity contribution < 1.29 is 4.74 Å². The Labute approximate surface area is 104 Å². The fraction of sp³-hybridized carbons (Fsp3) is 0.643. The molecular weight excluding hydrogens is 212 g/mol. The molecule has 2 atom stereocenters. The molecule has 1 saturated carbocycles. The van der Waals surface area contributed by atoms with Crippen molar-refractivity contribution in [1.82, 2.24) is 10.3 Å². The van der Waals surface area contributed by atoms with Crippen molar-refractivity contribution in [3.63, 3.8) is 0 Å². The van der Waals surface area contributed by atoms with Crippen molar-refractivity contribution in [3.05, 3.63) is 29.6 Å². The summed E-state index contributed by atoms with van der Waals surface area (Å²) in [5, 5.41) is 3.61. The average molecular weight is 234 g/mol. The molecule has 0 aliphatic heterocycles. The highest BCUT2D eigenvalue weighted by atomic mass is 16.5. The molecular formula is C14H22N2O. The molecule has 0 amide bonds. The quantitative estimate of drug-likeness (QED) is 0.869. The third kappa shape index (κ3) is 3.27. The van der Waals surface area contributed by atoms with Crippen LogP contribution in [0.15, 0.2) is 18.5 Å². The number of methoxy groups -OCH3 is 1. The van der Waals surface area contributed by atoms with Crippen LogP contribution in [0.1, 0.15) is 36.8 Å². The normalized spacial score (nSPS) is 24.8. The van der Waals surface area contributed by atoms with Crippen molar-refractivity contribution in [2.24, 2.45) is 0 Å². The Kier molecular flexibility index (Phi) is 4.51. The summed E-state index contributed by atoms with van der Waals surface area (Å²) in [7, 11) is 1.82. The summed E-state index contributed by atoms with van der Waals surface area (Å²) < 4.78 is 5.54. The van der Waals surface area contributed by atoms with Crippen LogP contribution in [-0.2, 0) is 11.3 Å². The van der Waals surface area contributed by atoms with E-state index in [1.165, 1.54) is 36.8 Å². The van der Waals surface area contributed by atoms with Gasteiger partial charge in [-0.1, -0.05) is 12.8 Å². The maximum Gasteiger partial charge on any atom is 0.0724 e. The zero-order chi connectivity index (χ0) is 12.1. The van der Waals surface area contributed by atoms with Crippen LogP contribution in [0.5, 0.6) is 0 Å². The minimum atomic E-state index is 0.376. The largest absolute Gasteiger partial charge is 0.380 e. The van der Waals surface area contributed by atoms with E-state index in [0.717, 1.165) is 6.54 Å². The molecule has 0 aromatic carbocycles. The number of hydrogen-bond donors (Lipinski definition) is 1. The zero-order valence-corrected chi connectivity index (χ0v) is 10.8. The maximum atomic E-state index is 5.54. The predicted molar refractivity (Wildman–Crippen MR) is 68.9 cm³/mol. The predicted octanol–water partition coefficient (Wildman–Crippen LogP) is 2.44. The summed E-state index contributed by atoms with van der Waals surface area (Å²) in [5.41, 5.74) is 2.59. The molecule has 1 aromatic rings. The minimum absolute atomic E-state index is 0.376. The van der Waals surface area contributed by atoms with Gasteiger partial charge in [-0.3, -0.25) is 4.98 Å². The molecule has 1 heterocycles. The van der Waals surface area contributed by atoms with Crippen LogP contribution >= 0.6 is 0 Å². The van der Waals surface area contributed by atoms with Crippen LogP contribution in [0.2, 0.25) is 0 Å². The van der Waals surface area contributed by atoms with Gasteiger partial charge in [-0.25, -0.2) is 0 Å². The van der Waals surface area contributed by atoms with Gasteiger partial charge in [-0.15, -0.1) is 0 Å². The van der Waals surface area contributed by atoms with E-state index in [4.69, 9.17) is 4.74 Å². The van der Waals surface area contributed by atoms with Gasteiger partial charge in [0.1, 0.15) is 0 Å². The Hall–Kier alpha value is -0.930. The van der Waals surface area contributed by atoms with Crippen LogP contribution in [0.25, 0.3) is 0 Å². The van der Waals surface area contributed by atoms with Crippen molar-refractivity contribution in [1.29, 1.82) is 0 Å². The van der Waals surface area contributed by atoms with Gasteiger partial charge in [0.05, 0.1) is 6.10 Å². The summed E-state index contributed by atoms with van der Waals surface area (Å²) in [4.78, 5) is 4.18. The molecule has 17 heavy (non-hydrogen) atoms. The van der Waals surface area contributed by atoms with Gasteiger partial charge < -0.3 is 10.1 Å². The van der Waals surface area contributed by atoms with Crippen molar-refractivity contribution in [2.45, 2.75) is 51.3 Å². The fourth-order valence-corrected chi connectivity index (χ4v) is 2.54. The van der Waals surface area contributed by atoms with Gasteiger partial charge in [0, 0.05) is 32.1 Å². The molecule has 0 radical (unpaired) electrons. The molecule has 1 aliphatic rings. The molecule has 2 unspecified atom stereocenters. The van der Waals surface area contributed by atoms with E-state index in [-0.39, 0.29) is 0 Å². The fourth-order valence-electron chi connectivity index (χ4n) is 2.54. The third-order valence-electron chi connectivity index (χ3n) is 3.71. The van der Waals surface area contributed by atoms with Crippen LogP contribution in [-0.4, -0.2) is 24.2 Å². The third-order valence-corrected chi connectivity index (χ3v) is 3.71. The zero-order valence-electron chi connectivity index (χ0n) is 10.8. The van der Waals surface area contributed by atoms with Gasteiger partial charge in [0.2, 0.25) is 0 Å². The number of ether oxygens (including phenoxy) is 1. The van der Waals surface area contributed by atoms with E-state index in [2.05, 4.69) is 23.3 Å². The Bertz CT molecular complexity index is 354. The first-order chi connectivity index (χ1) is 8.31. The first-order valence-electron chi connectivity index (χ1n) is 6.47. The molecule has 0 spiro atoms. The van der Waals surface area contributed by atoms with Gasteiger partial charge in [-0.05, 0) is 37.0 Å². The van der Waals surface area contributed by atoms with E-state index < -0.39 is 0 Å². The van der Waals surface area contributed by atoms with Crippen LogP contribution in [0.3, 0.4) is 0 Å². The number of rotatable bonds is 4. The first kappa shape index (κ1) is 12.5. The second kappa shape index (κ2) is 6.12. The first-order valence-corrected chi connectivity index (χ1v) is 6.47. The Morgan fingerprint density at radius 2 is 2.24 bits per heavy atom. The molecule has 0 saturated heterocycles. The van der Waals surface area contributed by atoms with Crippen molar-refractivity contribution in [3.8, 4) is 0 Å². The lowest BCUT2D eigenvalue weighted by molar-refractivity contribution is 0.0412. The Balaban J connectivity index is 1.90. The SMILES string of the molecule is COC1CCCCC1NCc1cnccc1C. The molecule has 2 rings (SSSR count). The van der Waals surface area contributed by atoms with Gasteiger partial charge in [0.25, 0.3) is 0 Å². The monoisotopic (exact) mass is 234 g/mol. The van der Waals surface area contributed by atoms with Crippen LogP contribution in [0, 0.1) is 6.92 Å². The number of nitrogens with one attached hydrogen (secondary N) is 1. The van der Waals surface area contributed by atoms with E-state index >= 15 is 0 Å². The molecule has 94 valence electrons. The molecule has 3 heteroatoms. The second-order valence-corrected chi connectivity index (χ2v) is 4.85. The lowest BCUT2D eigenvalue weighted by atomic mass is 9.92. The highest BCUT2D eigenvalue weighted by molar-refractivity contribution is 5.21. The van der Waals surface area contributed by atoms with Crippen LogP contribution < -0.4 is 5.32 Å². The standard InChI is InChI=1S/C14H22N2O/c1-11-7-8-15-9-12(11)10-16-13-5-3-4-6-14(13)17-2/h7-9,13-14,16H,3-6,10H2,1-2H3. The highest BCUT2D eigenvalue weighted by Gasteiger charge is 2.24. The van der Waals surface area contributed by atoms with E-state index in [0.29, 0.717) is 12.1 Å². The van der Waals surface area contributed by atoms with Crippen molar-refractivity contribution in [2.75, 3.05) is 7.11 Å². The lowest BCUT2D eigenvalue weighted by Crippen LogP contribution is -2.42. The summed E-state index contributed by atoms with van der Waals surface area (Å²) in [6, 6.07) is 2.56.